The molecule has 0 bridgehead atoms. The van der Waals surface area contributed by atoms with Crippen LogP contribution in [0.3, 0.4) is 0 Å². The highest BCUT2D eigenvalue weighted by Crippen LogP contribution is 2.31. The van der Waals surface area contributed by atoms with Crippen molar-refractivity contribution in [2.45, 2.75) is 32.1 Å². The monoisotopic (exact) mass is 428 g/mol. The van der Waals surface area contributed by atoms with Crippen LogP contribution in [0.4, 0.5) is 0 Å². The topological polar surface area (TPSA) is 42.0 Å². The first-order valence-corrected chi connectivity index (χ1v) is 11.0. The molecular weight excluding hydrogens is 400 g/mol. The lowest BCUT2D eigenvalue weighted by atomic mass is 10.2. The van der Waals surface area contributed by atoms with Gasteiger partial charge in [0.1, 0.15) is 5.75 Å². The molecule has 1 atom stereocenters. The van der Waals surface area contributed by atoms with E-state index < -0.39 is 0 Å². The fourth-order valence-electron chi connectivity index (χ4n) is 3.86. The normalized spacial score (nSPS) is 20.1. The van der Waals surface area contributed by atoms with E-state index in [-0.39, 0.29) is 12.0 Å². The molecule has 1 saturated heterocycles. The van der Waals surface area contributed by atoms with Crippen molar-refractivity contribution in [1.82, 2.24) is 9.80 Å². The van der Waals surface area contributed by atoms with Crippen molar-refractivity contribution in [3.8, 4) is 5.75 Å². The Morgan fingerprint density at radius 3 is 2.37 bits per heavy atom. The molecule has 5 nitrogen and oxygen atoms in total. The van der Waals surface area contributed by atoms with Gasteiger partial charge in [0.05, 0.1) is 19.8 Å². The highest BCUT2D eigenvalue weighted by molar-refractivity contribution is 6.30. The van der Waals surface area contributed by atoms with E-state index in [9.17, 15) is 4.79 Å². The third kappa shape index (κ3) is 5.75. The Hall–Kier alpha value is -2.08. The van der Waals surface area contributed by atoms with Crippen molar-refractivity contribution in [3.05, 3.63) is 64.7 Å². The molecule has 30 heavy (non-hydrogen) atoms. The van der Waals surface area contributed by atoms with Crippen LogP contribution in [0.5, 0.6) is 5.75 Å². The van der Waals surface area contributed by atoms with Crippen molar-refractivity contribution in [2.24, 2.45) is 5.92 Å². The maximum atomic E-state index is 12.7. The van der Waals surface area contributed by atoms with Crippen LogP contribution in [0.25, 0.3) is 0 Å². The fourth-order valence-corrected chi connectivity index (χ4v) is 3.98. The first-order chi connectivity index (χ1) is 14.6. The number of rotatable bonds is 7. The SMILES string of the molecule is COc1ccc(CN2CCN(C(=O)C3CC3)CC(OCc3ccc(Cl)cc3)C2)cc1. The predicted octanol–water partition coefficient (Wildman–Crippen LogP) is 3.99. The summed E-state index contributed by atoms with van der Waals surface area (Å²) in [5.74, 6) is 1.39. The number of carbonyl (C=O) groups is 1. The molecule has 2 aromatic carbocycles. The van der Waals surface area contributed by atoms with Gasteiger partial charge in [-0.25, -0.2) is 0 Å². The van der Waals surface area contributed by atoms with Gasteiger partial charge in [-0.05, 0) is 48.2 Å². The molecule has 0 radical (unpaired) electrons. The van der Waals surface area contributed by atoms with Gasteiger partial charge in [0.2, 0.25) is 5.91 Å². The van der Waals surface area contributed by atoms with Crippen LogP contribution in [0.2, 0.25) is 5.02 Å². The zero-order chi connectivity index (χ0) is 20.9. The van der Waals surface area contributed by atoms with E-state index in [4.69, 9.17) is 21.1 Å². The van der Waals surface area contributed by atoms with E-state index >= 15 is 0 Å². The number of halogens is 1. The Morgan fingerprint density at radius 1 is 1.00 bits per heavy atom. The first-order valence-electron chi connectivity index (χ1n) is 10.6. The van der Waals surface area contributed by atoms with Gasteiger partial charge in [0.15, 0.2) is 0 Å². The molecule has 1 aliphatic heterocycles. The highest BCUT2D eigenvalue weighted by atomic mass is 35.5. The van der Waals surface area contributed by atoms with Gasteiger partial charge in [-0.1, -0.05) is 35.9 Å². The van der Waals surface area contributed by atoms with E-state index in [1.165, 1.54) is 5.56 Å². The van der Waals surface area contributed by atoms with Crippen molar-refractivity contribution in [3.63, 3.8) is 0 Å². The summed E-state index contributed by atoms with van der Waals surface area (Å²) in [7, 11) is 1.68. The lowest BCUT2D eigenvalue weighted by Crippen LogP contribution is -2.39. The van der Waals surface area contributed by atoms with Crippen LogP contribution >= 0.6 is 11.6 Å². The summed E-state index contributed by atoms with van der Waals surface area (Å²) in [6, 6.07) is 15.9. The molecule has 2 aliphatic rings. The van der Waals surface area contributed by atoms with Crippen molar-refractivity contribution >= 4 is 17.5 Å². The van der Waals surface area contributed by atoms with E-state index in [1.54, 1.807) is 7.11 Å². The van der Waals surface area contributed by atoms with Crippen LogP contribution in [0.15, 0.2) is 48.5 Å². The largest absolute Gasteiger partial charge is 0.497 e. The van der Waals surface area contributed by atoms with Crippen molar-refractivity contribution in [2.75, 3.05) is 33.3 Å². The number of methoxy groups -OCH3 is 1. The molecule has 160 valence electrons. The number of hydrogen-bond acceptors (Lipinski definition) is 4. The van der Waals surface area contributed by atoms with Gasteiger partial charge < -0.3 is 14.4 Å². The smallest absolute Gasteiger partial charge is 0.225 e. The molecule has 1 amide bonds. The number of carbonyl (C=O) groups excluding carboxylic acids is 1. The molecule has 1 saturated carbocycles. The maximum absolute atomic E-state index is 12.7. The van der Waals surface area contributed by atoms with Gasteiger partial charge >= 0.3 is 0 Å². The Kier molecular flexibility index (Phi) is 6.93. The summed E-state index contributed by atoms with van der Waals surface area (Å²) >= 11 is 5.99. The summed E-state index contributed by atoms with van der Waals surface area (Å²) < 4.78 is 11.5. The Bertz CT molecular complexity index is 837. The van der Waals surface area contributed by atoms with E-state index in [2.05, 4.69) is 17.0 Å². The summed E-state index contributed by atoms with van der Waals surface area (Å²) in [6.45, 7) is 4.41. The Balaban J connectivity index is 1.42. The van der Waals surface area contributed by atoms with Crippen LogP contribution in [-0.2, 0) is 22.7 Å². The zero-order valence-electron chi connectivity index (χ0n) is 17.4. The zero-order valence-corrected chi connectivity index (χ0v) is 18.2. The minimum Gasteiger partial charge on any atom is -0.497 e. The number of ether oxygens (including phenoxy) is 2. The average Bonchev–Trinajstić information content (AvgIpc) is 3.61. The van der Waals surface area contributed by atoms with E-state index in [1.807, 2.05) is 41.3 Å². The third-order valence-electron chi connectivity index (χ3n) is 5.77. The van der Waals surface area contributed by atoms with Crippen LogP contribution in [0.1, 0.15) is 24.0 Å². The molecule has 0 spiro atoms. The van der Waals surface area contributed by atoms with Crippen LogP contribution in [-0.4, -0.2) is 55.1 Å². The van der Waals surface area contributed by atoms with Gasteiger partial charge in [-0.15, -0.1) is 0 Å². The average molecular weight is 429 g/mol. The van der Waals surface area contributed by atoms with Crippen LogP contribution in [0, 0.1) is 5.92 Å². The van der Waals surface area contributed by atoms with Gasteiger partial charge in [-0.2, -0.15) is 0 Å². The lowest BCUT2D eigenvalue weighted by Gasteiger charge is -2.25. The van der Waals surface area contributed by atoms with Crippen molar-refractivity contribution < 1.29 is 14.3 Å². The number of benzene rings is 2. The Labute approximate surface area is 183 Å². The molecule has 0 aromatic heterocycles. The first kappa shape index (κ1) is 21.2. The molecule has 2 fully saturated rings. The predicted molar refractivity (Wildman–Crippen MR) is 118 cm³/mol. The minimum absolute atomic E-state index is 0.0240. The molecule has 6 heteroatoms. The lowest BCUT2D eigenvalue weighted by molar-refractivity contribution is -0.134. The van der Waals surface area contributed by atoms with E-state index in [0.717, 1.165) is 55.4 Å². The fraction of sp³-hybridized carbons (Fsp3) is 0.458. The second-order valence-corrected chi connectivity index (χ2v) is 8.64. The van der Waals surface area contributed by atoms with Gasteiger partial charge in [0, 0.05) is 43.7 Å². The molecule has 1 aliphatic carbocycles. The highest BCUT2D eigenvalue weighted by Gasteiger charge is 2.35. The molecule has 4 rings (SSSR count). The minimum atomic E-state index is -0.0240. The second kappa shape index (κ2) is 9.82. The summed E-state index contributed by atoms with van der Waals surface area (Å²) in [5, 5.41) is 0.722. The second-order valence-electron chi connectivity index (χ2n) is 8.20. The molecule has 1 heterocycles. The number of nitrogens with zero attached hydrogens (tertiary/aromatic N) is 2. The number of amides is 1. The maximum Gasteiger partial charge on any atom is 0.225 e. The third-order valence-corrected chi connectivity index (χ3v) is 6.03. The number of hydrogen-bond donors (Lipinski definition) is 0. The Morgan fingerprint density at radius 2 is 1.70 bits per heavy atom. The summed E-state index contributed by atoms with van der Waals surface area (Å²) in [4.78, 5) is 17.1. The summed E-state index contributed by atoms with van der Waals surface area (Å²) in [6.07, 6.45) is 2.03. The molecule has 2 aromatic rings. The molecule has 0 N–H and O–H groups in total. The van der Waals surface area contributed by atoms with Gasteiger partial charge in [0.25, 0.3) is 0 Å². The van der Waals surface area contributed by atoms with Crippen LogP contribution < -0.4 is 4.74 Å². The van der Waals surface area contributed by atoms with Gasteiger partial charge in [-0.3, -0.25) is 9.69 Å². The van der Waals surface area contributed by atoms with Crippen molar-refractivity contribution in [1.29, 1.82) is 0 Å². The molecule has 1 unspecified atom stereocenters. The standard InChI is InChI=1S/C24H29ClN2O3/c1-29-22-10-4-18(5-11-22)14-26-12-13-27(24(28)20-6-7-20)16-23(15-26)30-17-19-2-8-21(25)9-3-19/h2-5,8-11,20,23H,6-7,12-17H2,1H3. The molecular formula is C24H29ClN2O3. The van der Waals surface area contributed by atoms with E-state index in [0.29, 0.717) is 19.1 Å². The quantitative estimate of drug-likeness (QED) is 0.668. The summed E-state index contributed by atoms with van der Waals surface area (Å²) in [5.41, 5.74) is 2.32.